The molecule has 4 heteroatoms. The summed E-state index contributed by atoms with van der Waals surface area (Å²) in [4.78, 5) is 4.77. The van der Waals surface area contributed by atoms with E-state index in [9.17, 15) is 0 Å². The molecule has 0 unspecified atom stereocenters. The van der Waals surface area contributed by atoms with Crippen LogP contribution < -0.4 is 4.90 Å². The minimum Gasteiger partial charge on any atom is -0.378 e. The summed E-state index contributed by atoms with van der Waals surface area (Å²) in [5.74, 6) is 1.20. The number of likely N-dealkylation sites (tertiary alicyclic amines) is 1. The number of halogens is 2. The Bertz CT molecular complexity index is 835. The lowest BCUT2D eigenvalue weighted by atomic mass is 9.76. The van der Waals surface area contributed by atoms with Crippen LogP contribution in [0.5, 0.6) is 0 Å². The molecule has 0 aromatic heterocycles. The van der Waals surface area contributed by atoms with E-state index in [4.69, 9.17) is 0 Å². The lowest BCUT2D eigenvalue weighted by Gasteiger charge is -2.36. The van der Waals surface area contributed by atoms with E-state index in [1.165, 1.54) is 48.3 Å². The summed E-state index contributed by atoms with van der Waals surface area (Å²) in [6, 6.07) is 31.2. The molecule has 1 aliphatic heterocycles. The first kappa shape index (κ1) is 25.3. The second-order valence-corrected chi connectivity index (χ2v) is 8.47. The molecule has 166 valence electrons. The van der Waals surface area contributed by atoms with E-state index >= 15 is 0 Å². The van der Waals surface area contributed by atoms with Gasteiger partial charge in [0.15, 0.2) is 0 Å². The van der Waals surface area contributed by atoms with Gasteiger partial charge in [-0.05, 0) is 60.7 Å². The molecule has 0 bridgehead atoms. The lowest BCUT2D eigenvalue weighted by Crippen LogP contribution is -2.35. The zero-order valence-electron chi connectivity index (χ0n) is 18.5. The van der Waals surface area contributed by atoms with E-state index in [1.807, 2.05) is 0 Å². The molecule has 1 saturated heterocycles. The van der Waals surface area contributed by atoms with E-state index in [0.717, 1.165) is 6.54 Å². The topological polar surface area (TPSA) is 6.48 Å². The summed E-state index contributed by atoms with van der Waals surface area (Å²) >= 11 is 0. The number of hydrogen-bond donors (Lipinski definition) is 0. The van der Waals surface area contributed by atoms with Crippen molar-refractivity contribution in [1.82, 2.24) is 4.90 Å². The highest BCUT2D eigenvalue weighted by Gasteiger charge is 2.28. The Labute approximate surface area is 200 Å². The molecule has 4 rings (SSSR count). The van der Waals surface area contributed by atoms with Crippen LogP contribution >= 0.6 is 24.8 Å². The molecule has 0 radical (unpaired) electrons. The fourth-order valence-electron chi connectivity index (χ4n) is 4.66. The van der Waals surface area contributed by atoms with E-state index in [-0.39, 0.29) is 24.8 Å². The summed E-state index contributed by atoms with van der Waals surface area (Å²) in [7, 11) is 4.19. The Morgan fingerprint density at radius 1 is 0.742 bits per heavy atom. The van der Waals surface area contributed by atoms with E-state index < -0.39 is 0 Å². The summed E-state index contributed by atoms with van der Waals surface area (Å²) in [5.41, 5.74) is 5.59. The van der Waals surface area contributed by atoms with Gasteiger partial charge in [0.05, 0.1) is 0 Å². The number of benzene rings is 3. The summed E-state index contributed by atoms with van der Waals surface area (Å²) in [5, 5.41) is 0. The highest BCUT2D eigenvalue weighted by molar-refractivity contribution is 5.85. The minimum absolute atomic E-state index is 0. The van der Waals surface area contributed by atoms with E-state index in [1.54, 1.807) is 0 Å². The summed E-state index contributed by atoms with van der Waals surface area (Å²) in [6.07, 6.45) is 2.51. The average Bonchev–Trinajstić information content (AvgIpc) is 2.77. The number of nitrogens with zero attached hydrogens (tertiary/aromatic N) is 2. The lowest BCUT2D eigenvalue weighted by molar-refractivity contribution is 0.168. The molecule has 3 aromatic rings. The second kappa shape index (κ2) is 12.1. The van der Waals surface area contributed by atoms with Gasteiger partial charge in [0, 0.05) is 32.2 Å². The van der Waals surface area contributed by atoms with Crippen molar-refractivity contribution in [1.29, 1.82) is 0 Å². The number of hydrogen-bond acceptors (Lipinski definition) is 2. The predicted octanol–water partition coefficient (Wildman–Crippen LogP) is 6.64. The molecule has 3 aromatic carbocycles. The molecule has 0 N–H and O–H groups in total. The first-order valence-electron chi connectivity index (χ1n) is 10.8. The molecule has 0 amide bonds. The van der Waals surface area contributed by atoms with Crippen LogP contribution in [0.3, 0.4) is 0 Å². The minimum atomic E-state index is 0. The number of rotatable bonds is 6. The van der Waals surface area contributed by atoms with Crippen molar-refractivity contribution in [3.63, 3.8) is 0 Å². The Morgan fingerprint density at radius 2 is 1.23 bits per heavy atom. The van der Waals surface area contributed by atoms with Crippen molar-refractivity contribution in [2.24, 2.45) is 5.92 Å². The Balaban J connectivity index is 0.00000171. The van der Waals surface area contributed by atoms with Crippen LogP contribution in [0.4, 0.5) is 5.69 Å². The Hall–Kier alpha value is -2.00. The van der Waals surface area contributed by atoms with Gasteiger partial charge in [-0.3, -0.25) is 4.90 Å². The van der Waals surface area contributed by atoms with Gasteiger partial charge in [-0.1, -0.05) is 72.8 Å². The van der Waals surface area contributed by atoms with Crippen molar-refractivity contribution in [3.8, 4) is 0 Å². The average molecular weight is 457 g/mol. The molecular formula is C27H34Cl2N2. The van der Waals surface area contributed by atoms with Crippen molar-refractivity contribution in [3.05, 3.63) is 102 Å². The van der Waals surface area contributed by atoms with Crippen molar-refractivity contribution in [2.75, 3.05) is 32.1 Å². The molecule has 31 heavy (non-hydrogen) atoms. The van der Waals surface area contributed by atoms with Crippen LogP contribution in [0, 0.1) is 5.92 Å². The second-order valence-electron chi connectivity index (χ2n) is 8.47. The highest BCUT2D eigenvalue weighted by atomic mass is 35.5. The third-order valence-corrected chi connectivity index (χ3v) is 6.28. The molecule has 2 nitrogen and oxygen atoms in total. The third-order valence-electron chi connectivity index (χ3n) is 6.28. The Morgan fingerprint density at radius 3 is 1.68 bits per heavy atom. The SMILES string of the molecule is CN(C)c1ccc(CN2CCC(C(c3ccccc3)c3ccccc3)CC2)cc1.Cl.Cl. The largest absolute Gasteiger partial charge is 0.378 e. The smallest absolute Gasteiger partial charge is 0.0361 e. The molecule has 0 spiro atoms. The quantitative estimate of drug-likeness (QED) is 0.409. The van der Waals surface area contributed by atoms with Gasteiger partial charge in [0.2, 0.25) is 0 Å². The maximum Gasteiger partial charge on any atom is 0.0361 e. The van der Waals surface area contributed by atoms with Crippen molar-refractivity contribution >= 4 is 30.5 Å². The van der Waals surface area contributed by atoms with Crippen LogP contribution in [0.25, 0.3) is 0 Å². The van der Waals surface area contributed by atoms with E-state index in [0.29, 0.717) is 11.8 Å². The van der Waals surface area contributed by atoms with Crippen molar-refractivity contribution in [2.45, 2.75) is 25.3 Å². The summed E-state index contributed by atoms with van der Waals surface area (Å²) in [6.45, 7) is 3.41. The maximum absolute atomic E-state index is 2.62. The maximum atomic E-state index is 2.62. The van der Waals surface area contributed by atoms with Gasteiger partial charge in [-0.2, -0.15) is 0 Å². The molecule has 0 saturated carbocycles. The van der Waals surface area contributed by atoms with Gasteiger partial charge in [-0.25, -0.2) is 0 Å². The summed E-state index contributed by atoms with van der Waals surface area (Å²) < 4.78 is 0. The molecule has 0 atom stereocenters. The zero-order valence-corrected chi connectivity index (χ0v) is 20.1. The molecule has 1 aliphatic rings. The van der Waals surface area contributed by atoms with Crippen LogP contribution in [-0.2, 0) is 6.54 Å². The van der Waals surface area contributed by atoms with Gasteiger partial charge in [0.25, 0.3) is 0 Å². The zero-order chi connectivity index (χ0) is 20.1. The van der Waals surface area contributed by atoms with Crippen LogP contribution in [-0.4, -0.2) is 32.1 Å². The highest BCUT2D eigenvalue weighted by Crippen LogP contribution is 2.38. The van der Waals surface area contributed by atoms with Crippen LogP contribution in [0.2, 0.25) is 0 Å². The van der Waals surface area contributed by atoms with Gasteiger partial charge >= 0.3 is 0 Å². The van der Waals surface area contributed by atoms with Crippen LogP contribution in [0.1, 0.15) is 35.4 Å². The van der Waals surface area contributed by atoms with E-state index in [2.05, 4.69) is 109 Å². The molecule has 1 heterocycles. The normalized spacial score (nSPS) is 14.5. The molecular weight excluding hydrogens is 423 g/mol. The van der Waals surface area contributed by atoms with Gasteiger partial charge in [0.1, 0.15) is 0 Å². The number of anilines is 1. The first-order chi connectivity index (χ1) is 14.2. The monoisotopic (exact) mass is 456 g/mol. The number of piperidine rings is 1. The Kier molecular flexibility index (Phi) is 9.90. The van der Waals surface area contributed by atoms with Crippen LogP contribution in [0.15, 0.2) is 84.9 Å². The molecule has 1 fully saturated rings. The fourth-order valence-corrected chi connectivity index (χ4v) is 4.66. The first-order valence-corrected chi connectivity index (χ1v) is 10.8. The third kappa shape index (κ3) is 6.49. The fraction of sp³-hybridized carbons (Fsp3) is 0.333. The van der Waals surface area contributed by atoms with Gasteiger partial charge < -0.3 is 4.90 Å². The predicted molar refractivity (Wildman–Crippen MR) is 138 cm³/mol. The molecule has 0 aliphatic carbocycles. The van der Waals surface area contributed by atoms with Gasteiger partial charge in [-0.15, -0.1) is 24.8 Å². The van der Waals surface area contributed by atoms with Crippen molar-refractivity contribution < 1.29 is 0 Å². The standard InChI is InChI=1S/C27H32N2.2ClH/c1-28(2)26-15-13-22(14-16-26)21-29-19-17-25(18-20-29)27(23-9-5-3-6-10-23)24-11-7-4-8-12-24;;/h3-16,25,27H,17-21H2,1-2H3;2*1H.